The predicted molar refractivity (Wildman–Crippen MR) is 89.9 cm³/mol. The molecule has 1 aromatic carbocycles. The lowest BCUT2D eigenvalue weighted by Gasteiger charge is -2.15. The van der Waals surface area contributed by atoms with Crippen LogP contribution in [-0.4, -0.2) is 25.7 Å². The molecule has 1 unspecified atom stereocenters. The minimum atomic E-state index is 0.377. The lowest BCUT2D eigenvalue weighted by Crippen LogP contribution is -2.15. The molecule has 0 spiro atoms. The first-order valence-electron chi connectivity index (χ1n) is 7.47. The number of nitrogens with zero attached hydrogens (tertiary/aromatic N) is 2. The first-order valence-corrected chi connectivity index (χ1v) is 7.47. The molecule has 1 aromatic heterocycles. The lowest BCUT2D eigenvalue weighted by atomic mass is 10.0. The van der Waals surface area contributed by atoms with Gasteiger partial charge in [0.25, 0.3) is 0 Å². The second-order valence-electron chi connectivity index (χ2n) is 5.39. The Morgan fingerprint density at radius 3 is 2.70 bits per heavy atom. The van der Waals surface area contributed by atoms with E-state index in [4.69, 9.17) is 14.7 Å². The van der Waals surface area contributed by atoms with Gasteiger partial charge in [-0.2, -0.15) is 5.26 Å². The van der Waals surface area contributed by atoms with Gasteiger partial charge in [0, 0.05) is 12.7 Å². The van der Waals surface area contributed by atoms with Gasteiger partial charge in [-0.05, 0) is 42.2 Å². The molecule has 120 valence electrons. The molecule has 1 heterocycles. The largest absolute Gasteiger partial charge is 0.493 e. The summed E-state index contributed by atoms with van der Waals surface area (Å²) in [7, 11) is 3.26. The Morgan fingerprint density at radius 1 is 1.22 bits per heavy atom. The molecule has 5 heteroatoms. The van der Waals surface area contributed by atoms with Crippen molar-refractivity contribution in [3.8, 4) is 17.6 Å². The van der Waals surface area contributed by atoms with Crippen LogP contribution in [0.25, 0.3) is 0 Å². The predicted octanol–water partition coefficient (Wildman–Crippen LogP) is 3.26. The standard InChI is InChI=1S/C18H21N3O2/c1-13(12-21-18-15(11-19)5-4-8-20-18)9-14-6-7-16(22-2)17(10-14)23-3/h4-8,10,13H,9,12H2,1-3H3,(H,20,21). The smallest absolute Gasteiger partial charge is 0.160 e. The molecule has 0 bridgehead atoms. The number of rotatable bonds is 7. The maximum absolute atomic E-state index is 9.07. The molecule has 1 atom stereocenters. The van der Waals surface area contributed by atoms with Crippen molar-refractivity contribution in [3.63, 3.8) is 0 Å². The third-order valence-electron chi connectivity index (χ3n) is 3.58. The monoisotopic (exact) mass is 311 g/mol. The fraction of sp³-hybridized carbons (Fsp3) is 0.333. The summed E-state index contributed by atoms with van der Waals surface area (Å²) in [6, 6.07) is 11.6. The zero-order valence-corrected chi connectivity index (χ0v) is 13.7. The van der Waals surface area contributed by atoms with Crippen LogP contribution in [0.3, 0.4) is 0 Å². The summed E-state index contributed by atoms with van der Waals surface area (Å²) in [6.45, 7) is 2.89. The number of benzene rings is 1. The third kappa shape index (κ3) is 4.36. The fourth-order valence-corrected chi connectivity index (χ4v) is 2.39. The Labute approximate surface area is 136 Å². The molecule has 0 aliphatic heterocycles. The zero-order chi connectivity index (χ0) is 16.7. The Hall–Kier alpha value is -2.74. The maximum Gasteiger partial charge on any atom is 0.160 e. The van der Waals surface area contributed by atoms with Crippen molar-refractivity contribution >= 4 is 5.82 Å². The van der Waals surface area contributed by atoms with Gasteiger partial charge in [0.2, 0.25) is 0 Å². The summed E-state index contributed by atoms with van der Waals surface area (Å²) in [6.07, 6.45) is 2.57. The maximum atomic E-state index is 9.07. The lowest BCUT2D eigenvalue weighted by molar-refractivity contribution is 0.354. The highest BCUT2D eigenvalue weighted by Crippen LogP contribution is 2.28. The van der Waals surface area contributed by atoms with Crippen LogP contribution in [0.2, 0.25) is 0 Å². The summed E-state index contributed by atoms with van der Waals surface area (Å²) in [5.41, 5.74) is 1.74. The van der Waals surface area contributed by atoms with Gasteiger partial charge >= 0.3 is 0 Å². The van der Waals surface area contributed by atoms with E-state index in [0.29, 0.717) is 17.3 Å². The van der Waals surface area contributed by atoms with E-state index in [0.717, 1.165) is 24.5 Å². The van der Waals surface area contributed by atoms with Crippen molar-refractivity contribution in [2.45, 2.75) is 13.3 Å². The van der Waals surface area contributed by atoms with Crippen LogP contribution >= 0.6 is 0 Å². The minimum absolute atomic E-state index is 0.377. The average molecular weight is 311 g/mol. The first-order chi connectivity index (χ1) is 11.2. The van der Waals surface area contributed by atoms with Gasteiger partial charge in [0.1, 0.15) is 11.9 Å². The highest BCUT2D eigenvalue weighted by molar-refractivity contribution is 5.51. The molecule has 2 rings (SSSR count). The Morgan fingerprint density at radius 2 is 2.00 bits per heavy atom. The van der Waals surface area contributed by atoms with Crippen molar-refractivity contribution < 1.29 is 9.47 Å². The highest BCUT2D eigenvalue weighted by atomic mass is 16.5. The van der Waals surface area contributed by atoms with E-state index in [9.17, 15) is 0 Å². The Balaban J connectivity index is 1.97. The number of anilines is 1. The molecule has 0 amide bonds. The minimum Gasteiger partial charge on any atom is -0.493 e. The molecule has 5 nitrogen and oxygen atoms in total. The van der Waals surface area contributed by atoms with E-state index in [-0.39, 0.29) is 0 Å². The van der Waals surface area contributed by atoms with Crippen LogP contribution in [0, 0.1) is 17.2 Å². The summed E-state index contributed by atoms with van der Waals surface area (Å²) in [5, 5.41) is 12.3. The normalized spacial score (nSPS) is 11.4. The molecule has 0 saturated heterocycles. The SMILES string of the molecule is COc1ccc(CC(C)CNc2ncccc2C#N)cc1OC. The van der Waals surface area contributed by atoms with Crippen LogP contribution in [0.15, 0.2) is 36.5 Å². The van der Waals surface area contributed by atoms with E-state index < -0.39 is 0 Å². The molecule has 23 heavy (non-hydrogen) atoms. The fourth-order valence-electron chi connectivity index (χ4n) is 2.39. The number of ether oxygens (including phenoxy) is 2. The van der Waals surface area contributed by atoms with Crippen molar-refractivity contribution in [2.24, 2.45) is 5.92 Å². The van der Waals surface area contributed by atoms with Gasteiger partial charge in [-0.1, -0.05) is 13.0 Å². The van der Waals surface area contributed by atoms with Crippen molar-refractivity contribution in [3.05, 3.63) is 47.7 Å². The quantitative estimate of drug-likeness (QED) is 0.850. The number of methoxy groups -OCH3 is 2. The van der Waals surface area contributed by atoms with E-state index >= 15 is 0 Å². The number of hydrogen-bond acceptors (Lipinski definition) is 5. The molecule has 2 aromatic rings. The Kier molecular flexibility index (Phi) is 5.81. The second-order valence-corrected chi connectivity index (χ2v) is 5.39. The summed E-state index contributed by atoms with van der Waals surface area (Å²) in [4.78, 5) is 4.21. The second kappa shape index (κ2) is 8.04. The molecule has 1 N–H and O–H groups in total. The van der Waals surface area contributed by atoms with E-state index in [1.165, 1.54) is 5.56 Å². The van der Waals surface area contributed by atoms with Crippen LogP contribution in [0.4, 0.5) is 5.82 Å². The number of nitrogens with one attached hydrogen (secondary N) is 1. The van der Waals surface area contributed by atoms with Gasteiger partial charge in [0.05, 0.1) is 19.8 Å². The van der Waals surface area contributed by atoms with Gasteiger partial charge in [-0.25, -0.2) is 4.98 Å². The van der Waals surface area contributed by atoms with Crippen LogP contribution in [0.5, 0.6) is 11.5 Å². The van der Waals surface area contributed by atoms with E-state index in [1.807, 2.05) is 18.2 Å². The average Bonchev–Trinajstić information content (AvgIpc) is 2.60. The third-order valence-corrected chi connectivity index (χ3v) is 3.58. The van der Waals surface area contributed by atoms with Crippen molar-refractivity contribution in [1.82, 2.24) is 4.98 Å². The van der Waals surface area contributed by atoms with Crippen molar-refractivity contribution in [1.29, 1.82) is 5.26 Å². The molecular weight excluding hydrogens is 290 g/mol. The van der Waals surface area contributed by atoms with Gasteiger partial charge in [-0.3, -0.25) is 0 Å². The molecular formula is C18H21N3O2. The van der Waals surface area contributed by atoms with Crippen LogP contribution < -0.4 is 14.8 Å². The van der Waals surface area contributed by atoms with Gasteiger partial charge in [0.15, 0.2) is 11.5 Å². The topological polar surface area (TPSA) is 67.2 Å². The molecule has 0 aliphatic carbocycles. The molecule has 0 fully saturated rings. The zero-order valence-electron chi connectivity index (χ0n) is 13.7. The number of hydrogen-bond donors (Lipinski definition) is 1. The van der Waals surface area contributed by atoms with E-state index in [1.54, 1.807) is 32.5 Å². The first kappa shape index (κ1) is 16.6. The van der Waals surface area contributed by atoms with Gasteiger partial charge in [-0.15, -0.1) is 0 Å². The number of aromatic nitrogens is 1. The van der Waals surface area contributed by atoms with Gasteiger partial charge < -0.3 is 14.8 Å². The highest BCUT2D eigenvalue weighted by Gasteiger charge is 2.09. The van der Waals surface area contributed by atoms with Crippen LogP contribution in [-0.2, 0) is 6.42 Å². The van der Waals surface area contributed by atoms with E-state index in [2.05, 4.69) is 23.3 Å². The van der Waals surface area contributed by atoms with Crippen LogP contribution in [0.1, 0.15) is 18.1 Å². The Bertz CT molecular complexity index is 695. The summed E-state index contributed by atoms with van der Waals surface area (Å²) < 4.78 is 10.6. The molecule has 0 radical (unpaired) electrons. The summed E-state index contributed by atoms with van der Waals surface area (Å²) >= 11 is 0. The summed E-state index contributed by atoms with van der Waals surface area (Å²) in [5.74, 6) is 2.48. The molecule has 0 saturated carbocycles. The number of pyridine rings is 1. The molecule has 0 aliphatic rings. The number of nitriles is 1. The van der Waals surface area contributed by atoms with Crippen molar-refractivity contribution in [2.75, 3.05) is 26.1 Å².